The Morgan fingerprint density at radius 2 is 1.58 bits per heavy atom. The highest BCUT2D eigenvalue weighted by molar-refractivity contribution is 6.13. The second-order valence-corrected chi connectivity index (χ2v) is 5.24. The van der Waals surface area contributed by atoms with E-state index >= 15 is 0 Å². The topological polar surface area (TPSA) is 213 Å². The number of hydrogen-bond acceptors (Lipinski definition) is 9. The molecule has 0 bridgehead atoms. The number of rotatable bonds is 8. The van der Waals surface area contributed by atoms with Crippen molar-refractivity contribution in [2.45, 2.75) is 23.9 Å². The maximum absolute atomic E-state index is 12.0. The molecule has 0 saturated heterocycles. The molecule has 0 aromatic heterocycles. The van der Waals surface area contributed by atoms with Crippen molar-refractivity contribution in [3.63, 3.8) is 0 Å². The molecule has 142 valence electrons. The van der Waals surface area contributed by atoms with Crippen LogP contribution in [0.15, 0.2) is 24.3 Å². The molecular formula is C15H16O11. The fourth-order valence-corrected chi connectivity index (χ4v) is 1.89. The molecule has 0 amide bonds. The van der Waals surface area contributed by atoms with E-state index in [0.717, 1.165) is 18.2 Å². The fourth-order valence-electron chi connectivity index (χ4n) is 1.89. The van der Waals surface area contributed by atoms with Crippen molar-refractivity contribution < 1.29 is 55.2 Å². The average Bonchev–Trinajstić information content (AvgIpc) is 2.59. The average molecular weight is 372 g/mol. The van der Waals surface area contributed by atoms with Crippen molar-refractivity contribution in [3.05, 3.63) is 29.8 Å². The quantitative estimate of drug-likeness (QED) is 0.137. The van der Waals surface area contributed by atoms with Gasteiger partial charge in [0.2, 0.25) is 5.78 Å². The van der Waals surface area contributed by atoms with Crippen LogP contribution in [0.5, 0.6) is 11.5 Å². The van der Waals surface area contributed by atoms with Crippen molar-refractivity contribution in [2.24, 2.45) is 0 Å². The van der Waals surface area contributed by atoms with Gasteiger partial charge >= 0.3 is 11.9 Å². The Balaban J connectivity index is 3.15. The van der Waals surface area contributed by atoms with E-state index < -0.39 is 53.1 Å². The molecule has 0 radical (unpaired) electrons. The number of aliphatic hydroxyl groups excluding tert-OH is 3. The largest absolute Gasteiger partial charge is 0.504 e. The van der Waals surface area contributed by atoms with Crippen LogP contribution in [0.25, 0.3) is 6.08 Å². The molecule has 0 unspecified atom stereocenters. The first kappa shape index (κ1) is 21.1. The highest BCUT2D eigenvalue weighted by Gasteiger charge is 2.54. The summed E-state index contributed by atoms with van der Waals surface area (Å²) >= 11 is 0. The zero-order chi connectivity index (χ0) is 20.2. The number of phenols is 2. The van der Waals surface area contributed by atoms with Crippen LogP contribution in [-0.2, 0) is 14.4 Å². The molecule has 0 aliphatic carbocycles. The Morgan fingerprint density at radius 3 is 2.04 bits per heavy atom. The minimum absolute atomic E-state index is 0.0991. The van der Waals surface area contributed by atoms with Gasteiger partial charge in [-0.15, -0.1) is 0 Å². The van der Waals surface area contributed by atoms with Crippen LogP contribution in [-0.4, -0.2) is 82.5 Å². The van der Waals surface area contributed by atoms with E-state index in [-0.39, 0.29) is 5.56 Å². The minimum atomic E-state index is -3.66. The first-order valence-electron chi connectivity index (χ1n) is 6.90. The number of benzene rings is 1. The Bertz CT molecular complexity index is 741. The molecule has 0 spiro atoms. The predicted molar refractivity (Wildman–Crippen MR) is 82.1 cm³/mol. The number of carboxylic acids is 2. The van der Waals surface area contributed by atoms with Gasteiger partial charge in [-0.3, -0.25) is 4.79 Å². The summed E-state index contributed by atoms with van der Waals surface area (Å²) in [6.45, 7) is 0. The van der Waals surface area contributed by atoms with Crippen LogP contribution in [0.2, 0.25) is 0 Å². The number of carbonyl (C=O) groups excluding carboxylic acids is 1. The predicted octanol–water partition coefficient (Wildman–Crippen LogP) is -2.34. The third-order valence-corrected chi connectivity index (χ3v) is 3.46. The maximum atomic E-state index is 12.0. The molecule has 0 fully saturated rings. The van der Waals surface area contributed by atoms with Crippen molar-refractivity contribution in [2.75, 3.05) is 0 Å². The van der Waals surface area contributed by atoms with Crippen LogP contribution in [0.4, 0.5) is 0 Å². The van der Waals surface area contributed by atoms with Gasteiger partial charge in [0.25, 0.3) is 5.60 Å². The summed E-state index contributed by atoms with van der Waals surface area (Å²) in [5.41, 5.74) is -3.56. The van der Waals surface area contributed by atoms with Gasteiger partial charge < -0.3 is 40.9 Å². The zero-order valence-electron chi connectivity index (χ0n) is 12.9. The fraction of sp³-hybridized carbons (Fsp3) is 0.267. The summed E-state index contributed by atoms with van der Waals surface area (Å²) in [7, 11) is 0. The molecule has 11 heteroatoms. The summed E-state index contributed by atoms with van der Waals surface area (Å²) in [4.78, 5) is 33.9. The highest BCUT2D eigenvalue weighted by Crippen LogP contribution is 2.26. The lowest BCUT2D eigenvalue weighted by atomic mass is 9.86. The van der Waals surface area contributed by atoms with Gasteiger partial charge in [0.1, 0.15) is 12.2 Å². The lowest BCUT2D eigenvalue weighted by Crippen LogP contribution is -2.62. The molecule has 1 aromatic carbocycles. The normalized spacial score (nSPS) is 17.2. The summed E-state index contributed by atoms with van der Waals surface area (Å²) in [5.74, 6) is -6.98. The second-order valence-electron chi connectivity index (χ2n) is 5.24. The Labute approximate surface area is 145 Å². The van der Waals surface area contributed by atoms with E-state index in [4.69, 9.17) is 20.4 Å². The van der Waals surface area contributed by atoms with Gasteiger partial charge in [0.15, 0.2) is 17.6 Å². The van der Waals surface area contributed by atoms with Crippen LogP contribution in [0, 0.1) is 0 Å². The van der Waals surface area contributed by atoms with Crippen molar-refractivity contribution in [1.29, 1.82) is 0 Å². The third-order valence-electron chi connectivity index (χ3n) is 3.46. The Kier molecular flexibility index (Phi) is 6.42. The van der Waals surface area contributed by atoms with Gasteiger partial charge in [0.05, 0.1) is 0 Å². The first-order valence-corrected chi connectivity index (χ1v) is 6.90. The Morgan fingerprint density at radius 1 is 1.00 bits per heavy atom. The lowest BCUT2D eigenvalue weighted by molar-refractivity contribution is -0.194. The number of carbonyl (C=O) groups is 3. The maximum Gasteiger partial charge on any atom is 0.346 e. The first-order chi connectivity index (χ1) is 11.9. The van der Waals surface area contributed by atoms with Gasteiger partial charge in [-0.1, -0.05) is 12.1 Å². The van der Waals surface area contributed by atoms with Crippen LogP contribution < -0.4 is 0 Å². The van der Waals surface area contributed by atoms with E-state index in [9.17, 15) is 34.8 Å². The van der Waals surface area contributed by atoms with E-state index in [1.165, 1.54) is 6.07 Å². The molecule has 8 N–H and O–H groups in total. The van der Waals surface area contributed by atoms with E-state index in [2.05, 4.69) is 0 Å². The molecule has 4 atom stereocenters. The second kappa shape index (κ2) is 7.93. The summed E-state index contributed by atoms with van der Waals surface area (Å²) in [5, 5.41) is 74.5. The summed E-state index contributed by atoms with van der Waals surface area (Å²) in [6, 6.07) is 3.28. The van der Waals surface area contributed by atoms with Crippen LogP contribution in [0.1, 0.15) is 5.56 Å². The molecule has 0 heterocycles. The molecule has 26 heavy (non-hydrogen) atoms. The molecular weight excluding hydrogens is 356 g/mol. The van der Waals surface area contributed by atoms with Crippen LogP contribution >= 0.6 is 0 Å². The van der Waals surface area contributed by atoms with Crippen molar-refractivity contribution >= 4 is 23.8 Å². The van der Waals surface area contributed by atoms with E-state index in [1.807, 2.05) is 0 Å². The molecule has 0 saturated carbocycles. The number of hydrogen-bond donors (Lipinski definition) is 8. The molecule has 1 rings (SSSR count). The standard InChI is InChI=1S/C15H16O11/c16-7-3-1-6(5-8(7)17)2-4-9(18)15(26,14(24)25)12(21)10(19)11(20)13(22)23/h1-5,10-12,16-17,19-21,26H,(H,22,23)(H,24,25)/t10-,11+,12+,15-/m1/s1. The van der Waals surface area contributed by atoms with Gasteiger partial charge in [0, 0.05) is 0 Å². The van der Waals surface area contributed by atoms with Gasteiger partial charge in [-0.2, -0.15) is 0 Å². The molecule has 0 aliphatic rings. The summed E-state index contributed by atoms with van der Waals surface area (Å²) < 4.78 is 0. The minimum Gasteiger partial charge on any atom is -0.504 e. The monoisotopic (exact) mass is 372 g/mol. The number of ketones is 1. The molecule has 1 aromatic rings. The number of carboxylic acid groups (broad SMARTS) is 2. The van der Waals surface area contributed by atoms with Crippen LogP contribution in [0.3, 0.4) is 0 Å². The van der Waals surface area contributed by atoms with Gasteiger partial charge in [-0.25, -0.2) is 9.59 Å². The zero-order valence-corrected chi connectivity index (χ0v) is 12.9. The highest BCUT2D eigenvalue weighted by atomic mass is 16.4. The molecule has 11 nitrogen and oxygen atoms in total. The van der Waals surface area contributed by atoms with Crippen molar-refractivity contribution in [3.8, 4) is 11.5 Å². The van der Waals surface area contributed by atoms with Crippen molar-refractivity contribution in [1.82, 2.24) is 0 Å². The number of phenolic OH excluding ortho intramolecular Hbond substituents is 2. The van der Waals surface area contributed by atoms with Gasteiger partial charge in [-0.05, 0) is 23.8 Å². The lowest BCUT2D eigenvalue weighted by Gasteiger charge is -2.30. The smallest absolute Gasteiger partial charge is 0.346 e. The number of aromatic hydroxyl groups is 2. The van der Waals surface area contributed by atoms with E-state index in [0.29, 0.717) is 6.08 Å². The third kappa shape index (κ3) is 4.15. The molecule has 0 aliphatic heterocycles. The summed E-state index contributed by atoms with van der Waals surface area (Å²) in [6.07, 6.45) is -6.83. The number of aliphatic carboxylic acids is 2. The van der Waals surface area contributed by atoms with E-state index in [1.54, 1.807) is 0 Å². The SMILES string of the molecule is O=C(O)[C@@H](O)[C@@H](O)[C@H](O)[C@@](O)(C(=O)O)C(=O)C=Cc1ccc(O)c(O)c1. The Hall–Kier alpha value is -2.99. The number of aliphatic hydroxyl groups is 4.